The van der Waals surface area contributed by atoms with Crippen LogP contribution in [0.3, 0.4) is 0 Å². The van der Waals surface area contributed by atoms with Crippen LogP contribution < -0.4 is 5.32 Å². The highest BCUT2D eigenvalue weighted by Crippen LogP contribution is 2.03. The molecule has 1 aromatic rings. The second kappa shape index (κ2) is 5.56. The molecule has 1 aromatic heterocycles. The van der Waals surface area contributed by atoms with Crippen molar-refractivity contribution in [2.45, 2.75) is 39.4 Å². The lowest BCUT2D eigenvalue weighted by Gasteiger charge is -2.19. The van der Waals surface area contributed by atoms with Crippen molar-refractivity contribution in [2.75, 3.05) is 12.0 Å². The standard InChI is InChI=1S/C11H21N3S/c1-11(2,3)12-9-10-5-6-14(13-10)7-8-15-4/h5-6,12H,7-9H2,1-4H3. The zero-order valence-corrected chi connectivity index (χ0v) is 10.9. The van der Waals surface area contributed by atoms with Crippen molar-refractivity contribution in [1.82, 2.24) is 15.1 Å². The molecule has 0 bridgehead atoms. The maximum Gasteiger partial charge on any atom is 0.0762 e. The van der Waals surface area contributed by atoms with Crippen LogP contribution in [0.5, 0.6) is 0 Å². The van der Waals surface area contributed by atoms with E-state index in [-0.39, 0.29) is 5.54 Å². The Morgan fingerprint density at radius 2 is 2.20 bits per heavy atom. The highest BCUT2D eigenvalue weighted by atomic mass is 32.2. The third kappa shape index (κ3) is 5.23. The van der Waals surface area contributed by atoms with Crippen LogP contribution >= 0.6 is 11.8 Å². The Balaban J connectivity index is 2.39. The third-order valence-electron chi connectivity index (χ3n) is 2.02. The predicted octanol–water partition coefficient (Wildman–Crippen LogP) is 2.13. The molecule has 0 amide bonds. The summed E-state index contributed by atoms with van der Waals surface area (Å²) >= 11 is 1.85. The van der Waals surface area contributed by atoms with Crippen molar-refractivity contribution >= 4 is 11.8 Å². The summed E-state index contributed by atoms with van der Waals surface area (Å²) in [6.45, 7) is 8.33. The Labute approximate surface area is 96.6 Å². The topological polar surface area (TPSA) is 29.9 Å². The maximum absolute atomic E-state index is 4.49. The van der Waals surface area contributed by atoms with E-state index in [9.17, 15) is 0 Å². The molecule has 0 aliphatic rings. The van der Waals surface area contributed by atoms with Crippen LogP contribution in [-0.2, 0) is 13.1 Å². The highest BCUT2D eigenvalue weighted by molar-refractivity contribution is 7.98. The van der Waals surface area contributed by atoms with E-state index in [2.05, 4.69) is 49.7 Å². The highest BCUT2D eigenvalue weighted by Gasteiger charge is 2.09. The summed E-state index contributed by atoms with van der Waals surface area (Å²) in [4.78, 5) is 0. The molecule has 0 fully saturated rings. The van der Waals surface area contributed by atoms with Crippen LogP contribution in [0.25, 0.3) is 0 Å². The van der Waals surface area contributed by atoms with Gasteiger partial charge in [0.15, 0.2) is 0 Å². The van der Waals surface area contributed by atoms with Gasteiger partial charge >= 0.3 is 0 Å². The van der Waals surface area contributed by atoms with E-state index in [0.29, 0.717) is 0 Å². The van der Waals surface area contributed by atoms with E-state index in [1.54, 1.807) is 0 Å². The Kier molecular flexibility index (Phi) is 4.67. The molecule has 3 nitrogen and oxygen atoms in total. The van der Waals surface area contributed by atoms with Gasteiger partial charge in [0.05, 0.1) is 5.69 Å². The first-order valence-electron chi connectivity index (χ1n) is 5.27. The summed E-state index contributed by atoms with van der Waals surface area (Å²) in [6, 6.07) is 2.08. The number of nitrogens with one attached hydrogen (secondary N) is 1. The summed E-state index contributed by atoms with van der Waals surface area (Å²) in [5.41, 5.74) is 1.27. The molecule has 15 heavy (non-hydrogen) atoms. The van der Waals surface area contributed by atoms with Gasteiger partial charge in [0, 0.05) is 30.6 Å². The van der Waals surface area contributed by atoms with Crippen LogP contribution in [0.1, 0.15) is 26.5 Å². The number of rotatable bonds is 5. The second-order valence-electron chi connectivity index (χ2n) is 4.67. The van der Waals surface area contributed by atoms with Gasteiger partial charge in [0.25, 0.3) is 0 Å². The number of thioether (sulfide) groups is 1. The Morgan fingerprint density at radius 1 is 1.47 bits per heavy atom. The first-order valence-corrected chi connectivity index (χ1v) is 6.67. The van der Waals surface area contributed by atoms with Gasteiger partial charge in [-0.05, 0) is 33.1 Å². The van der Waals surface area contributed by atoms with Crippen molar-refractivity contribution in [3.63, 3.8) is 0 Å². The van der Waals surface area contributed by atoms with Crippen LogP contribution in [0.15, 0.2) is 12.3 Å². The van der Waals surface area contributed by atoms with E-state index < -0.39 is 0 Å². The van der Waals surface area contributed by atoms with Gasteiger partial charge in [-0.1, -0.05) is 0 Å². The fourth-order valence-electron chi connectivity index (χ4n) is 1.16. The molecule has 0 saturated carbocycles. The third-order valence-corrected chi connectivity index (χ3v) is 2.61. The van der Waals surface area contributed by atoms with E-state index >= 15 is 0 Å². The number of aryl methyl sites for hydroxylation is 1. The average molecular weight is 227 g/mol. The second-order valence-corrected chi connectivity index (χ2v) is 5.65. The first kappa shape index (κ1) is 12.6. The average Bonchev–Trinajstić information content (AvgIpc) is 2.58. The minimum Gasteiger partial charge on any atom is -0.306 e. The molecule has 1 N–H and O–H groups in total. The van der Waals surface area contributed by atoms with Gasteiger partial charge in [0.1, 0.15) is 0 Å². The van der Waals surface area contributed by atoms with Crippen LogP contribution in [0, 0.1) is 0 Å². The predicted molar refractivity (Wildman–Crippen MR) is 67.2 cm³/mol. The van der Waals surface area contributed by atoms with Gasteiger partial charge in [-0.25, -0.2) is 0 Å². The molecule has 0 unspecified atom stereocenters. The van der Waals surface area contributed by atoms with E-state index in [1.165, 1.54) is 0 Å². The van der Waals surface area contributed by atoms with E-state index in [0.717, 1.165) is 24.5 Å². The molecule has 0 aliphatic carbocycles. The smallest absolute Gasteiger partial charge is 0.0762 e. The zero-order valence-electron chi connectivity index (χ0n) is 10.1. The van der Waals surface area contributed by atoms with Gasteiger partial charge in [0.2, 0.25) is 0 Å². The summed E-state index contributed by atoms with van der Waals surface area (Å²) < 4.78 is 2.01. The normalized spacial score (nSPS) is 12.0. The van der Waals surface area contributed by atoms with Crippen molar-refractivity contribution < 1.29 is 0 Å². The Morgan fingerprint density at radius 3 is 2.80 bits per heavy atom. The van der Waals surface area contributed by atoms with E-state index in [4.69, 9.17) is 0 Å². The monoisotopic (exact) mass is 227 g/mol. The summed E-state index contributed by atoms with van der Waals surface area (Å²) in [5, 5.41) is 7.92. The van der Waals surface area contributed by atoms with Gasteiger partial charge < -0.3 is 5.32 Å². The maximum atomic E-state index is 4.49. The molecule has 1 heterocycles. The molecule has 0 saturated heterocycles. The number of aromatic nitrogens is 2. The first-order chi connectivity index (χ1) is 7.01. The lowest BCUT2D eigenvalue weighted by atomic mass is 10.1. The molecule has 4 heteroatoms. The number of hydrogen-bond acceptors (Lipinski definition) is 3. The van der Waals surface area contributed by atoms with Gasteiger partial charge in [-0.3, -0.25) is 4.68 Å². The van der Waals surface area contributed by atoms with E-state index in [1.807, 2.05) is 16.4 Å². The number of hydrogen-bond donors (Lipinski definition) is 1. The summed E-state index contributed by atoms with van der Waals surface area (Å²) in [7, 11) is 0. The van der Waals surface area contributed by atoms with Crippen LogP contribution in [0.4, 0.5) is 0 Å². The van der Waals surface area contributed by atoms with Crippen LogP contribution in [-0.4, -0.2) is 27.3 Å². The van der Waals surface area contributed by atoms with Crippen molar-refractivity contribution in [3.8, 4) is 0 Å². The fraction of sp³-hybridized carbons (Fsp3) is 0.727. The van der Waals surface area contributed by atoms with Crippen LogP contribution in [0.2, 0.25) is 0 Å². The van der Waals surface area contributed by atoms with Gasteiger partial charge in [-0.2, -0.15) is 16.9 Å². The molecule has 1 rings (SSSR count). The summed E-state index contributed by atoms with van der Waals surface area (Å²) in [5.74, 6) is 1.12. The molecule has 0 radical (unpaired) electrons. The largest absolute Gasteiger partial charge is 0.306 e. The molecular formula is C11H21N3S. The molecule has 0 aliphatic heterocycles. The molecular weight excluding hydrogens is 206 g/mol. The van der Waals surface area contributed by atoms with Crippen molar-refractivity contribution in [1.29, 1.82) is 0 Å². The molecule has 0 spiro atoms. The van der Waals surface area contributed by atoms with Gasteiger partial charge in [-0.15, -0.1) is 0 Å². The van der Waals surface area contributed by atoms with Crippen molar-refractivity contribution in [2.24, 2.45) is 0 Å². The Bertz CT molecular complexity index is 288. The lowest BCUT2D eigenvalue weighted by molar-refractivity contribution is 0.419. The SMILES string of the molecule is CSCCn1ccc(CNC(C)(C)C)n1. The lowest BCUT2D eigenvalue weighted by Crippen LogP contribution is -2.35. The molecule has 0 atom stereocenters. The number of nitrogens with zero attached hydrogens (tertiary/aromatic N) is 2. The quantitative estimate of drug-likeness (QED) is 0.836. The molecule has 86 valence electrons. The molecule has 0 aromatic carbocycles. The van der Waals surface area contributed by atoms with Crippen molar-refractivity contribution in [3.05, 3.63) is 18.0 Å². The fourth-order valence-corrected chi connectivity index (χ4v) is 1.53. The minimum atomic E-state index is 0.156. The minimum absolute atomic E-state index is 0.156. The summed E-state index contributed by atoms with van der Waals surface area (Å²) in [6.07, 6.45) is 4.17. The zero-order chi connectivity index (χ0) is 11.3. The Hall–Kier alpha value is -0.480.